The summed E-state index contributed by atoms with van der Waals surface area (Å²) in [5, 5.41) is 3.65. The van der Waals surface area contributed by atoms with Crippen LogP contribution < -0.4 is 10.1 Å². The Bertz CT molecular complexity index is 434. The lowest BCUT2D eigenvalue weighted by molar-refractivity contribution is 0.276. The number of hydrogen-bond acceptors (Lipinski definition) is 2. The molecule has 0 aromatic heterocycles. The van der Waals surface area contributed by atoms with E-state index >= 15 is 0 Å². The molecule has 0 aliphatic carbocycles. The van der Waals surface area contributed by atoms with Crippen molar-refractivity contribution in [1.82, 2.24) is 5.32 Å². The molecule has 0 amide bonds. The van der Waals surface area contributed by atoms with Crippen LogP contribution in [0.15, 0.2) is 18.2 Å². The molecule has 21 heavy (non-hydrogen) atoms. The first-order valence-corrected chi connectivity index (χ1v) is 8.14. The smallest absolute Gasteiger partial charge is 0.119 e. The summed E-state index contributed by atoms with van der Waals surface area (Å²) in [6.07, 6.45) is 2.43. The average molecular weight is 291 g/mol. The zero-order chi connectivity index (χ0) is 16.0. The molecular formula is C19H33NO. The van der Waals surface area contributed by atoms with Crippen LogP contribution in [0.4, 0.5) is 0 Å². The highest BCUT2D eigenvalue weighted by Gasteiger charge is 2.20. The van der Waals surface area contributed by atoms with Crippen LogP contribution in [0.3, 0.4) is 0 Å². The van der Waals surface area contributed by atoms with Crippen molar-refractivity contribution in [3.63, 3.8) is 0 Å². The first-order chi connectivity index (χ1) is 9.76. The minimum atomic E-state index is 0.394. The van der Waals surface area contributed by atoms with Gasteiger partial charge >= 0.3 is 0 Å². The van der Waals surface area contributed by atoms with E-state index in [1.807, 2.05) is 0 Å². The molecule has 0 spiro atoms. The summed E-state index contributed by atoms with van der Waals surface area (Å²) in [5.41, 5.74) is 3.10. The fourth-order valence-electron chi connectivity index (χ4n) is 3.26. The number of hydrogen-bond donors (Lipinski definition) is 1. The van der Waals surface area contributed by atoms with Crippen molar-refractivity contribution >= 4 is 0 Å². The fraction of sp³-hybridized carbons (Fsp3) is 0.684. The van der Waals surface area contributed by atoms with Crippen LogP contribution in [0.25, 0.3) is 0 Å². The van der Waals surface area contributed by atoms with Crippen LogP contribution in [-0.4, -0.2) is 13.7 Å². The quantitative estimate of drug-likeness (QED) is 0.753. The van der Waals surface area contributed by atoms with Gasteiger partial charge in [0.25, 0.3) is 0 Å². The second kappa shape index (κ2) is 7.84. The third-order valence-corrected chi connectivity index (χ3v) is 3.90. The molecule has 0 heterocycles. The van der Waals surface area contributed by atoms with Gasteiger partial charge in [0.15, 0.2) is 0 Å². The van der Waals surface area contributed by atoms with Gasteiger partial charge in [-0.25, -0.2) is 0 Å². The molecule has 0 fully saturated rings. The maximum absolute atomic E-state index is 5.32. The zero-order valence-electron chi connectivity index (χ0n) is 14.9. The summed E-state index contributed by atoms with van der Waals surface area (Å²) in [5.74, 6) is 1.64. The minimum Gasteiger partial charge on any atom is -0.497 e. The Morgan fingerprint density at radius 1 is 1.24 bits per heavy atom. The molecular weight excluding hydrogens is 258 g/mol. The molecule has 0 saturated heterocycles. The summed E-state index contributed by atoms with van der Waals surface area (Å²) in [7, 11) is 1.72. The van der Waals surface area contributed by atoms with Crippen LogP contribution in [0, 0.1) is 18.3 Å². The highest BCUT2D eigenvalue weighted by atomic mass is 16.5. The van der Waals surface area contributed by atoms with Crippen LogP contribution >= 0.6 is 0 Å². The van der Waals surface area contributed by atoms with Gasteiger partial charge in [0.05, 0.1) is 7.11 Å². The van der Waals surface area contributed by atoms with Crippen LogP contribution in [0.2, 0.25) is 0 Å². The maximum atomic E-state index is 5.32. The van der Waals surface area contributed by atoms with E-state index in [0.29, 0.717) is 17.4 Å². The summed E-state index contributed by atoms with van der Waals surface area (Å²) in [6.45, 7) is 14.7. The first-order valence-electron chi connectivity index (χ1n) is 8.14. The lowest BCUT2D eigenvalue weighted by Gasteiger charge is -2.28. The van der Waals surface area contributed by atoms with E-state index in [2.05, 4.69) is 65.1 Å². The molecule has 2 heteroatoms. The molecule has 0 saturated carbocycles. The van der Waals surface area contributed by atoms with Crippen molar-refractivity contribution in [2.75, 3.05) is 13.7 Å². The zero-order valence-corrected chi connectivity index (χ0v) is 14.9. The van der Waals surface area contributed by atoms with Crippen LogP contribution in [0.5, 0.6) is 5.75 Å². The van der Waals surface area contributed by atoms with Crippen molar-refractivity contribution in [2.45, 2.75) is 60.4 Å². The van der Waals surface area contributed by atoms with Crippen molar-refractivity contribution in [3.05, 3.63) is 29.3 Å². The molecule has 0 radical (unpaired) electrons. The normalized spacial score (nSPS) is 14.8. The summed E-state index contributed by atoms with van der Waals surface area (Å²) in [6, 6.07) is 6.85. The molecule has 2 unspecified atom stereocenters. The van der Waals surface area contributed by atoms with Crippen LogP contribution in [-0.2, 0) is 0 Å². The number of ether oxygens (including phenoxy) is 1. The van der Waals surface area contributed by atoms with Crippen molar-refractivity contribution in [1.29, 1.82) is 0 Å². The largest absolute Gasteiger partial charge is 0.497 e. The van der Waals surface area contributed by atoms with E-state index in [9.17, 15) is 0 Å². The molecule has 0 bridgehead atoms. The number of nitrogens with one attached hydrogen (secondary N) is 1. The molecule has 0 aliphatic heterocycles. The highest BCUT2D eigenvalue weighted by Crippen LogP contribution is 2.32. The fourth-order valence-corrected chi connectivity index (χ4v) is 3.26. The van der Waals surface area contributed by atoms with Gasteiger partial charge in [-0.05, 0) is 60.9 Å². The molecule has 120 valence electrons. The standard InChI is InChI=1S/C19H33NO/c1-8-20-18(11-14(2)13-19(4,5)6)17-10-9-16(21-7)12-15(17)3/h9-10,12,14,18,20H,8,11,13H2,1-7H3. The second-order valence-electron chi connectivity index (χ2n) is 7.44. The van der Waals surface area contributed by atoms with Gasteiger partial charge in [-0.15, -0.1) is 0 Å². The Balaban J connectivity index is 2.86. The Hall–Kier alpha value is -1.02. The van der Waals surface area contributed by atoms with Crippen LogP contribution in [0.1, 0.15) is 64.6 Å². The van der Waals surface area contributed by atoms with E-state index in [0.717, 1.165) is 12.3 Å². The van der Waals surface area contributed by atoms with Gasteiger partial charge in [-0.3, -0.25) is 0 Å². The van der Waals surface area contributed by atoms with Gasteiger partial charge in [0, 0.05) is 6.04 Å². The topological polar surface area (TPSA) is 21.3 Å². The van der Waals surface area contributed by atoms with Crippen molar-refractivity contribution in [3.8, 4) is 5.75 Å². The van der Waals surface area contributed by atoms with Gasteiger partial charge < -0.3 is 10.1 Å². The Labute approximate surface area is 131 Å². The van der Waals surface area contributed by atoms with Gasteiger partial charge in [0.2, 0.25) is 0 Å². The molecule has 2 nitrogen and oxygen atoms in total. The van der Waals surface area contributed by atoms with Gasteiger partial charge in [0.1, 0.15) is 5.75 Å². The monoisotopic (exact) mass is 291 g/mol. The Kier molecular flexibility index (Phi) is 6.73. The number of methoxy groups -OCH3 is 1. The summed E-state index contributed by atoms with van der Waals surface area (Å²) >= 11 is 0. The van der Waals surface area contributed by atoms with E-state index in [1.54, 1.807) is 7.11 Å². The van der Waals surface area contributed by atoms with E-state index < -0.39 is 0 Å². The molecule has 1 aromatic rings. The van der Waals surface area contributed by atoms with E-state index in [-0.39, 0.29) is 0 Å². The third kappa shape index (κ3) is 6.09. The third-order valence-electron chi connectivity index (χ3n) is 3.90. The highest BCUT2D eigenvalue weighted by molar-refractivity contribution is 5.36. The van der Waals surface area contributed by atoms with Gasteiger partial charge in [-0.2, -0.15) is 0 Å². The maximum Gasteiger partial charge on any atom is 0.119 e. The summed E-state index contributed by atoms with van der Waals surface area (Å²) in [4.78, 5) is 0. The van der Waals surface area contributed by atoms with Crippen molar-refractivity contribution in [2.24, 2.45) is 11.3 Å². The predicted octanol–water partition coefficient (Wildman–Crippen LogP) is 5.12. The van der Waals surface area contributed by atoms with E-state index in [4.69, 9.17) is 4.74 Å². The van der Waals surface area contributed by atoms with Crippen molar-refractivity contribution < 1.29 is 4.74 Å². The second-order valence-corrected chi connectivity index (χ2v) is 7.44. The minimum absolute atomic E-state index is 0.394. The number of rotatable bonds is 7. The molecule has 1 rings (SSSR count). The van der Waals surface area contributed by atoms with E-state index in [1.165, 1.54) is 24.0 Å². The molecule has 2 atom stereocenters. The molecule has 1 N–H and O–H groups in total. The predicted molar refractivity (Wildman–Crippen MR) is 92.0 cm³/mol. The number of benzene rings is 1. The molecule has 0 aliphatic rings. The number of aryl methyl sites for hydroxylation is 1. The van der Waals surface area contributed by atoms with Gasteiger partial charge in [-0.1, -0.05) is 40.7 Å². The SMILES string of the molecule is CCNC(CC(C)CC(C)(C)C)c1ccc(OC)cc1C. The first kappa shape index (κ1) is 18.0. The lowest BCUT2D eigenvalue weighted by atomic mass is 9.81. The lowest BCUT2D eigenvalue weighted by Crippen LogP contribution is -2.25. The molecule has 1 aromatic carbocycles. The summed E-state index contributed by atoms with van der Waals surface area (Å²) < 4.78 is 5.32. The average Bonchev–Trinajstić information content (AvgIpc) is 2.35. The Morgan fingerprint density at radius 2 is 1.90 bits per heavy atom. The Morgan fingerprint density at radius 3 is 2.38 bits per heavy atom.